The fourth-order valence-electron chi connectivity index (χ4n) is 1.10. The first-order chi connectivity index (χ1) is 7.08. The molecule has 0 atom stereocenters. The number of hydrogen-bond donors (Lipinski definition) is 2. The van der Waals surface area contributed by atoms with E-state index in [2.05, 4.69) is 27.4 Å². The average molecular weight is 231 g/mol. The van der Waals surface area contributed by atoms with Gasteiger partial charge in [0, 0.05) is 6.07 Å². The Kier molecular flexibility index (Phi) is 2.31. The van der Waals surface area contributed by atoms with Gasteiger partial charge in [0.25, 0.3) is 0 Å². The predicted molar refractivity (Wildman–Crippen MR) is 49.1 cm³/mol. The molecule has 0 unspecified atom stereocenters. The van der Waals surface area contributed by atoms with E-state index in [0.29, 0.717) is 12.1 Å². The molecule has 0 bridgehead atoms. The molecule has 0 spiro atoms. The Balaban J connectivity index is 2.63. The lowest BCUT2D eigenvalue weighted by atomic mass is 10.2. The minimum absolute atomic E-state index is 0.0244. The fourth-order valence-corrected chi connectivity index (χ4v) is 1.24. The largest absolute Gasteiger partial charge is 0.282 e. The van der Waals surface area contributed by atoms with Crippen LogP contribution in [0.3, 0.4) is 0 Å². The normalized spacial score (nSPS) is 10.6. The van der Waals surface area contributed by atoms with Crippen LogP contribution in [-0.4, -0.2) is 15.2 Å². The van der Waals surface area contributed by atoms with Crippen molar-refractivity contribution in [1.29, 1.82) is 0 Å². The summed E-state index contributed by atoms with van der Waals surface area (Å²) in [5, 5.41) is 4.86. The van der Waals surface area contributed by atoms with E-state index in [-0.39, 0.29) is 16.2 Å². The molecular formula is C8H4F3N3S. The van der Waals surface area contributed by atoms with Crippen LogP contribution in [0.4, 0.5) is 13.2 Å². The van der Waals surface area contributed by atoms with E-state index in [1.807, 2.05) is 0 Å². The number of nitrogens with zero attached hydrogens (tertiary/aromatic N) is 1. The monoisotopic (exact) mass is 231 g/mol. The molecule has 0 saturated carbocycles. The van der Waals surface area contributed by atoms with Crippen molar-refractivity contribution in [1.82, 2.24) is 15.2 Å². The Morgan fingerprint density at radius 2 is 1.67 bits per heavy atom. The second kappa shape index (κ2) is 3.50. The maximum Gasteiger partial charge on any atom is 0.213 e. The Hall–Kier alpha value is -1.63. The molecule has 1 heterocycles. The number of H-pyrrole nitrogens is 2. The van der Waals surface area contributed by atoms with Crippen LogP contribution < -0.4 is 0 Å². The lowest BCUT2D eigenvalue weighted by Gasteiger charge is -1.99. The maximum atomic E-state index is 13.2. The molecule has 2 aromatic rings. The third-order valence-electron chi connectivity index (χ3n) is 1.77. The number of aromatic nitrogens is 3. The third kappa shape index (κ3) is 1.78. The maximum absolute atomic E-state index is 13.2. The standard InChI is InChI=1S/C8H4F3N3S/c9-4-2-6(11)5(10)1-3(4)7-12-8(15)14-13-7/h1-2H,(H2,12,13,14,15). The predicted octanol–water partition coefficient (Wildman–Crippen LogP) is 2.55. The van der Waals surface area contributed by atoms with Crippen LogP contribution in [-0.2, 0) is 0 Å². The molecule has 0 aliphatic carbocycles. The molecular weight excluding hydrogens is 227 g/mol. The molecule has 2 N–H and O–H groups in total. The third-order valence-corrected chi connectivity index (χ3v) is 1.96. The summed E-state index contributed by atoms with van der Waals surface area (Å²) in [6.07, 6.45) is 0. The summed E-state index contributed by atoms with van der Waals surface area (Å²) in [6, 6.07) is 1.17. The van der Waals surface area contributed by atoms with Gasteiger partial charge in [-0.15, -0.1) is 0 Å². The Labute approximate surface area is 87.0 Å². The average Bonchev–Trinajstić information content (AvgIpc) is 2.58. The fraction of sp³-hybridized carbons (Fsp3) is 0. The van der Waals surface area contributed by atoms with E-state index >= 15 is 0 Å². The van der Waals surface area contributed by atoms with Crippen molar-refractivity contribution in [3.05, 3.63) is 34.4 Å². The van der Waals surface area contributed by atoms with Gasteiger partial charge in [0.05, 0.1) is 5.56 Å². The van der Waals surface area contributed by atoms with Gasteiger partial charge >= 0.3 is 0 Å². The highest BCUT2D eigenvalue weighted by atomic mass is 32.1. The first-order valence-corrected chi connectivity index (χ1v) is 4.28. The molecule has 2 rings (SSSR count). The van der Waals surface area contributed by atoms with Crippen molar-refractivity contribution in [3.63, 3.8) is 0 Å². The Morgan fingerprint density at radius 3 is 2.27 bits per heavy atom. The number of halogens is 3. The molecule has 15 heavy (non-hydrogen) atoms. The molecule has 1 aromatic carbocycles. The first-order valence-electron chi connectivity index (χ1n) is 3.87. The van der Waals surface area contributed by atoms with E-state index in [9.17, 15) is 13.2 Å². The zero-order valence-corrected chi connectivity index (χ0v) is 7.96. The topological polar surface area (TPSA) is 44.5 Å². The highest BCUT2D eigenvalue weighted by Crippen LogP contribution is 2.21. The lowest BCUT2D eigenvalue weighted by Crippen LogP contribution is -1.92. The summed E-state index contributed by atoms with van der Waals surface area (Å²) < 4.78 is 38.8. The van der Waals surface area contributed by atoms with Crippen molar-refractivity contribution >= 4 is 12.2 Å². The minimum atomic E-state index is -1.25. The van der Waals surface area contributed by atoms with Gasteiger partial charge in [-0.1, -0.05) is 0 Å². The van der Waals surface area contributed by atoms with Gasteiger partial charge in [-0.3, -0.25) is 10.2 Å². The molecule has 7 heteroatoms. The van der Waals surface area contributed by atoms with Crippen LogP contribution in [0, 0.1) is 22.2 Å². The van der Waals surface area contributed by atoms with Gasteiger partial charge in [-0.2, -0.15) is 4.98 Å². The van der Waals surface area contributed by atoms with Crippen LogP contribution in [0.1, 0.15) is 0 Å². The number of nitrogens with one attached hydrogen (secondary N) is 2. The van der Waals surface area contributed by atoms with Crippen molar-refractivity contribution in [2.45, 2.75) is 0 Å². The molecule has 0 radical (unpaired) electrons. The molecule has 0 fully saturated rings. The number of benzene rings is 1. The highest BCUT2D eigenvalue weighted by Gasteiger charge is 2.13. The summed E-state index contributed by atoms with van der Waals surface area (Å²) in [4.78, 5) is 3.69. The molecule has 0 saturated heterocycles. The number of rotatable bonds is 1. The highest BCUT2D eigenvalue weighted by molar-refractivity contribution is 7.71. The van der Waals surface area contributed by atoms with Gasteiger partial charge in [-0.25, -0.2) is 13.2 Å². The van der Waals surface area contributed by atoms with Crippen LogP contribution >= 0.6 is 12.2 Å². The minimum Gasteiger partial charge on any atom is -0.282 e. The summed E-state index contributed by atoms with van der Waals surface area (Å²) in [5.74, 6) is -3.28. The summed E-state index contributed by atoms with van der Waals surface area (Å²) >= 11 is 4.65. The van der Waals surface area contributed by atoms with Crippen molar-refractivity contribution in [2.75, 3.05) is 0 Å². The molecule has 0 aliphatic heterocycles. The molecule has 78 valence electrons. The van der Waals surface area contributed by atoms with E-state index in [1.165, 1.54) is 0 Å². The zero-order valence-electron chi connectivity index (χ0n) is 7.14. The van der Waals surface area contributed by atoms with E-state index in [0.717, 1.165) is 0 Å². The van der Waals surface area contributed by atoms with Gasteiger partial charge < -0.3 is 0 Å². The Morgan fingerprint density at radius 1 is 1.00 bits per heavy atom. The lowest BCUT2D eigenvalue weighted by molar-refractivity contribution is 0.496. The summed E-state index contributed by atoms with van der Waals surface area (Å²) in [5.41, 5.74) is -0.179. The second-order valence-corrected chi connectivity index (χ2v) is 3.15. The van der Waals surface area contributed by atoms with Crippen LogP contribution in [0.15, 0.2) is 12.1 Å². The second-order valence-electron chi connectivity index (χ2n) is 2.76. The summed E-state index contributed by atoms with van der Waals surface area (Å²) in [7, 11) is 0. The smallest absolute Gasteiger partial charge is 0.213 e. The van der Waals surface area contributed by atoms with Crippen molar-refractivity contribution in [3.8, 4) is 11.4 Å². The van der Waals surface area contributed by atoms with E-state index in [1.54, 1.807) is 0 Å². The van der Waals surface area contributed by atoms with Gasteiger partial charge in [0.1, 0.15) is 5.82 Å². The first kappa shape index (κ1) is 9.91. The molecule has 0 aliphatic rings. The van der Waals surface area contributed by atoms with Crippen LogP contribution in [0.25, 0.3) is 11.4 Å². The molecule has 1 aromatic heterocycles. The van der Waals surface area contributed by atoms with Crippen molar-refractivity contribution < 1.29 is 13.2 Å². The number of hydrogen-bond acceptors (Lipinski definition) is 2. The van der Waals surface area contributed by atoms with Crippen molar-refractivity contribution in [2.24, 2.45) is 0 Å². The molecule has 3 nitrogen and oxygen atoms in total. The zero-order chi connectivity index (χ0) is 11.0. The summed E-state index contributed by atoms with van der Waals surface area (Å²) in [6.45, 7) is 0. The molecule has 0 amide bonds. The Bertz CT molecular complexity index is 560. The number of aromatic amines is 2. The van der Waals surface area contributed by atoms with Crippen LogP contribution in [0.2, 0.25) is 0 Å². The quantitative estimate of drug-likeness (QED) is 0.585. The van der Waals surface area contributed by atoms with Gasteiger partial charge in [0.15, 0.2) is 17.5 Å². The van der Waals surface area contributed by atoms with Gasteiger partial charge in [0.2, 0.25) is 4.77 Å². The van der Waals surface area contributed by atoms with E-state index in [4.69, 9.17) is 0 Å². The van der Waals surface area contributed by atoms with E-state index < -0.39 is 17.5 Å². The van der Waals surface area contributed by atoms with Gasteiger partial charge in [-0.05, 0) is 18.3 Å². The van der Waals surface area contributed by atoms with Crippen LogP contribution in [0.5, 0.6) is 0 Å². The SMILES string of the molecule is Fc1cc(F)c(-c2nc(=S)[nH][nH]2)cc1F.